The number of rotatable bonds is 8. The van der Waals surface area contributed by atoms with Gasteiger partial charge in [0, 0.05) is 18.7 Å². The Morgan fingerprint density at radius 1 is 1.19 bits per heavy atom. The van der Waals surface area contributed by atoms with Crippen LogP contribution in [-0.2, 0) is 11.3 Å². The molecule has 21 heavy (non-hydrogen) atoms. The second-order valence-corrected chi connectivity index (χ2v) is 5.60. The second kappa shape index (κ2) is 10.6. The third-order valence-corrected chi connectivity index (χ3v) is 3.77. The summed E-state index contributed by atoms with van der Waals surface area (Å²) in [5.74, 6) is 1.12. The summed E-state index contributed by atoms with van der Waals surface area (Å²) >= 11 is 0. The summed E-state index contributed by atoms with van der Waals surface area (Å²) in [4.78, 5) is 12.2. The highest BCUT2D eigenvalue weighted by molar-refractivity contribution is 5.91. The van der Waals surface area contributed by atoms with Gasteiger partial charge in [-0.3, -0.25) is 4.79 Å². The van der Waals surface area contributed by atoms with Gasteiger partial charge in [0.1, 0.15) is 0 Å². The van der Waals surface area contributed by atoms with Crippen LogP contribution < -0.4 is 10.6 Å². The van der Waals surface area contributed by atoms with Crippen molar-refractivity contribution in [3.63, 3.8) is 0 Å². The fraction of sp³-hybridized carbons (Fsp3) is 0.588. The van der Waals surface area contributed by atoms with Crippen molar-refractivity contribution in [1.82, 2.24) is 5.32 Å². The van der Waals surface area contributed by atoms with Gasteiger partial charge < -0.3 is 10.6 Å². The lowest BCUT2D eigenvalue weighted by atomic mass is 9.90. The van der Waals surface area contributed by atoms with Crippen LogP contribution in [0, 0.1) is 11.8 Å². The van der Waals surface area contributed by atoms with Crippen LogP contribution in [0.4, 0.5) is 5.69 Å². The normalized spacial score (nSPS) is 11.9. The van der Waals surface area contributed by atoms with Gasteiger partial charge in [-0.1, -0.05) is 52.3 Å². The Balaban J connectivity index is 0.00000400. The Morgan fingerprint density at radius 2 is 1.86 bits per heavy atom. The zero-order valence-corrected chi connectivity index (χ0v) is 14.4. The van der Waals surface area contributed by atoms with Gasteiger partial charge >= 0.3 is 0 Å². The maximum atomic E-state index is 12.2. The molecule has 1 aromatic rings. The van der Waals surface area contributed by atoms with E-state index in [9.17, 15) is 4.79 Å². The Bertz CT molecular complexity index is 421. The van der Waals surface area contributed by atoms with E-state index in [-0.39, 0.29) is 18.3 Å². The molecule has 0 aliphatic carbocycles. The van der Waals surface area contributed by atoms with E-state index in [0.717, 1.165) is 30.8 Å². The van der Waals surface area contributed by atoms with Crippen molar-refractivity contribution in [3.8, 4) is 0 Å². The van der Waals surface area contributed by atoms with E-state index in [2.05, 4.69) is 44.4 Å². The minimum Gasteiger partial charge on any atom is -0.326 e. The van der Waals surface area contributed by atoms with E-state index in [1.54, 1.807) is 0 Å². The number of carbonyl (C=O) groups is 1. The van der Waals surface area contributed by atoms with Gasteiger partial charge in [0.2, 0.25) is 5.91 Å². The van der Waals surface area contributed by atoms with Crippen LogP contribution in [0.25, 0.3) is 0 Å². The molecule has 1 rings (SSSR count). The molecule has 4 heteroatoms. The van der Waals surface area contributed by atoms with Crippen molar-refractivity contribution in [2.24, 2.45) is 11.8 Å². The van der Waals surface area contributed by atoms with Crippen LogP contribution in [0.15, 0.2) is 24.3 Å². The molecule has 0 spiro atoms. The molecule has 0 heterocycles. The lowest BCUT2D eigenvalue weighted by Crippen LogP contribution is -2.21. The van der Waals surface area contributed by atoms with Gasteiger partial charge in [0.25, 0.3) is 0 Å². The topological polar surface area (TPSA) is 41.1 Å². The van der Waals surface area contributed by atoms with Crippen molar-refractivity contribution in [1.29, 1.82) is 0 Å². The number of para-hydroxylation sites is 1. The van der Waals surface area contributed by atoms with Crippen molar-refractivity contribution in [2.75, 3.05) is 11.9 Å². The minimum atomic E-state index is 0. The Morgan fingerprint density at radius 3 is 2.43 bits per heavy atom. The molecule has 2 N–H and O–H groups in total. The van der Waals surface area contributed by atoms with Gasteiger partial charge in [0.15, 0.2) is 0 Å². The Kier molecular flexibility index (Phi) is 10.1. The van der Waals surface area contributed by atoms with E-state index < -0.39 is 0 Å². The molecule has 3 nitrogen and oxygen atoms in total. The number of hydrogen-bond donors (Lipinski definition) is 2. The summed E-state index contributed by atoms with van der Waals surface area (Å²) in [5, 5.41) is 6.36. The van der Waals surface area contributed by atoms with Crippen molar-refractivity contribution < 1.29 is 4.79 Å². The zero-order chi connectivity index (χ0) is 15.0. The molecule has 120 valence electrons. The fourth-order valence-electron chi connectivity index (χ4n) is 2.35. The number of carbonyl (C=O) groups excluding carboxylic acids is 1. The lowest BCUT2D eigenvalue weighted by Gasteiger charge is -2.19. The van der Waals surface area contributed by atoms with E-state index in [4.69, 9.17) is 0 Å². The van der Waals surface area contributed by atoms with Crippen molar-refractivity contribution in [2.45, 2.75) is 47.1 Å². The molecule has 0 aliphatic heterocycles. The van der Waals surface area contributed by atoms with Crippen molar-refractivity contribution >= 4 is 24.0 Å². The molecular weight excluding hydrogens is 284 g/mol. The number of amides is 1. The predicted molar refractivity (Wildman–Crippen MR) is 92.9 cm³/mol. The van der Waals surface area contributed by atoms with Gasteiger partial charge in [-0.2, -0.15) is 0 Å². The number of benzene rings is 1. The number of anilines is 1. The largest absolute Gasteiger partial charge is 0.326 e. The van der Waals surface area contributed by atoms with Crippen LogP contribution in [0.1, 0.15) is 46.1 Å². The van der Waals surface area contributed by atoms with Crippen LogP contribution in [0.5, 0.6) is 0 Å². The molecule has 1 amide bonds. The predicted octanol–water partition coefficient (Wildman–Crippen LogP) is 4.23. The van der Waals surface area contributed by atoms with E-state index in [1.165, 1.54) is 0 Å². The summed E-state index contributed by atoms with van der Waals surface area (Å²) in [6.07, 6.45) is 1.65. The molecule has 0 saturated heterocycles. The maximum Gasteiger partial charge on any atom is 0.224 e. The molecule has 0 radical (unpaired) electrons. The van der Waals surface area contributed by atoms with E-state index in [1.807, 2.05) is 18.2 Å². The second-order valence-electron chi connectivity index (χ2n) is 5.60. The standard InChI is InChI=1S/C17H28N2O.ClH/c1-5-14(13(3)4)11-17(20)19-16-10-8-7-9-15(16)12-18-6-2;/h7-10,13-14,18H,5-6,11-12H2,1-4H3,(H,19,20);1H. The molecule has 0 aliphatic rings. The van der Waals surface area contributed by atoms with E-state index in [0.29, 0.717) is 18.3 Å². The van der Waals surface area contributed by atoms with Crippen molar-refractivity contribution in [3.05, 3.63) is 29.8 Å². The number of hydrogen-bond acceptors (Lipinski definition) is 2. The third-order valence-electron chi connectivity index (χ3n) is 3.77. The number of nitrogens with one attached hydrogen (secondary N) is 2. The molecule has 0 aromatic heterocycles. The highest BCUT2D eigenvalue weighted by atomic mass is 35.5. The van der Waals surface area contributed by atoms with Gasteiger partial charge in [0.05, 0.1) is 0 Å². The highest BCUT2D eigenvalue weighted by Crippen LogP contribution is 2.21. The molecule has 1 unspecified atom stereocenters. The fourth-order valence-corrected chi connectivity index (χ4v) is 2.35. The summed E-state index contributed by atoms with van der Waals surface area (Å²) in [6, 6.07) is 8.00. The molecule has 0 fully saturated rings. The zero-order valence-electron chi connectivity index (χ0n) is 13.6. The van der Waals surface area contributed by atoms with Gasteiger partial charge in [-0.25, -0.2) is 0 Å². The summed E-state index contributed by atoms with van der Waals surface area (Å²) < 4.78 is 0. The van der Waals surface area contributed by atoms with Crippen LogP contribution >= 0.6 is 12.4 Å². The number of halogens is 1. The SMILES string of the molecule is CCNCc1ccccc1NC(=O)CC(CC)C(C)C.Cl. The summed E-state index contributed by atoms with van der Waals surface area (Å²) in [7, 11) is 0. The molecule has 1 aromatic carbocycles. The first-order chi connectivity index (χ1) is 9.58. The monoisotopic (exact) mass is 312 g/mol. The summed E-state index contributed by atoms with van der Waals surface area (Å²) in [6.45, 7) is 10.3. The quantitative estimate of drug-likeness (QED) is 0.754. The molecule has 0 bridgehead atoms. The Labute approximate surface area is 135 Å². The minimum absolute atomic E-state index is 0. The smallest absolute Gasteiger partial charge is 0.224 e. The van der Waals surface area contributed by atoms with Gasteiger partial charge in [-0.05, 0) is 30.0 Å². The van der Waals surface area contributed by atoms with E-state index >= 15 is 0 Å². The third kappa shape index (κ3) is 6.96. The molecule has 0 saturated carbocycles. The average molecular weight is 313 g/mol. The van der Waals surface area contributed by atoms with Gasteiger partial charge in [-0.15, -0.1) is 12.4 Å². The Hall–Kier alpha value is -1.06. The first-order valence-electron chi connectivity index (χ1n) is 7.66. The maximum absolute atomic E-state index is 12.2. The van der Waals surface area contributed by atoms with Crippen LogP contribution in [0.2, 0.25) is 0 Å². The average Bonchev–Trinajstić information content (AvgIpc) is 2.43. The first kappa shape index (κ1) is 19.9. The lowest BCUT2D eigenvalue weighted by molar-refractivity contribution is -0.117. The van der Waals surface area contributed by atoms with Crippen LogP contribution in [-0.4, -0.2) is 12.5 Å². The highest BCUT2D eigenvalue weighted by Gasteiger charge is 2.16. The molecular formula is C17H29ClN2O. The first-order valence-corrected chi connectivity index (χ1v) is 7.66. The van der Waals surface area contributed by atoms with Crippen LogP contribution in [0.3, 0.4) is 0 Å². The summed E-state index contributed by atoms with van der Waals surface area (Å²) in [5.41, 5.74) is 2.07. The molecule has 1 atom stereocenters.